The normalized spacial score (nSPS) is 11.3. The third-order valence-electron chi connectivity index (χ3n) is 3.77. The first-order valence-electron chi connectivity index (χ1n) is 7.52. The van der Waals surface area contributed by atoms with Crippen molar-refractivity contribution in [2.75, 3.05) is 10.8 Å². The number of carboxylic acids is 1. The van der Waals surface area contributed by atoms with Crippen LogP contribution in [0.3, 0.4) is 0 Å². The van der Waals surface area contributed by atoms with Crippen LogP contribution in [0.25, 0.3) is 0 Å². The summed E-state index contributed by atoms with van der Waals surface area (Å²) < 4.78 is 27.0. The molecular formula is C18H21NO4S. The molecule has 0 aliphatic rings. The molecule has 0 saturated heterocycles. The summed E-state index contributed by atoms with van der Waals surface area (Å²) in [4.78, 5) is 11.4. The molecular weight excluding hydrogens is 326 g/mol. The van der Waals surface area contributed by atoms with Crippen LogP contribution in [-0.2, 0) is 14.8 Å². The zero-order valence-electron chi connectivity index (χ0n) is 14.2. The van der Waals surface area contributed by atoms with Crippen molar-refractivity contribution in [2.24, 2.45) is 0 Å². The van der Waals surface area contributed by atoms with Crippen LogP contribution in [0.4, 0.5) is 5.69 Å². The lowest BCUT2D eigenvalue weighted by Gasteiger charge is -2.26. The predicted octanol–water partition coefficient (Wildman–Crippen LogP) is 3.20. The highest BCUT2D eigenvalue weighted by molar-refractivity contribution is 7.92. The molecule has 5 nitrogen and oxygen atoms in total. The number of hydrogen-bond donors (Lipinski definition) is 1. The van der Waals surface area contributed by atoms with Gasteiger partial charge in [-0.3, -0.25) is 9.10 Å². The average Bonchev–Trinajstić information content (AvgIpc) is 2.45. The lowest BCUT2D eigenvalue weighted by molar-refractivity contribution is -0.135. The number of sulfonamides is 1. The fourth-order valence-corrected chi connectivity index (χ4v) is 4.35. The Morgan fingerprint density at radius 1 is 0.958 bits per heavy atom. The Labute approximate surface area is 142 Å². The highest BCUT2D eigenvalue weighted by atomic mass is 32.2. The molecule has 0 aliphatic carbocycles. The van der Waals surface area contributed by atoms with Gasteiger partial charge in [0, 0.05) is 0 Å². The summed E-state index contributed by atoms with van der Waals surface area (Å²) in [5, 5.41) is 9.23. The number of aryl methyl sites for hydroxylation is 4. The number of aliphatic carboxylic acids is 1. The second-order valence-electron chi connectivity index (χ2n) is 5.97. The van der Waals surface area contributed by atoms with Crippen molar-refractivity contribution in [3.8, 4) is 0 Å². The van der Waals surface area contributed by atoms with Gasteiger partial charge in [-0.25, -0.2) is 8.42 Å². The van der Waals surface area contributed by atoms with E-state index in [2.05, 4.69) is 0 Å². The van der Waals surface area contributed by atoms with Crippen molar-refractivity contribution in [1.82, 2.24) is 0 Å². The second kappa shape index (κ2) is 6.65. The summed E-state index contributed by atoms with van der Waals surface area (Å²) in [6.07, 6.45) is 0. The Morgan fingerprint density at radius 2 is 1.46 bits per heavy atom. The van der Waals surface area contributed by atoms with Gasteiger partial charge in [-0.1, -0.05) is 35.4 Å². The van der Waals surface area contributed by atoms with E-state index in [9.17, 15) is 18.3 Å². The Kier molecular flexibility index (Phi) is 4.99. The van der Waals surface area contributed by atoms with Gasteiger partial charge in [0.1, 0.15) is 6.54 Å². The Bertz CT molecular complexity index is 847. The Hall–Kier alpha value is -2.34. The van der Waals surface area contributed by atoms with Crippen molar-refractivity contribution in [3.05, 3.63) is 58.7 Å². The van der Waals surface area contributed by atoms with E-state index in [1.165, 1.54) is 12.1 Å². The molecule has 0 spiro atoms. The summed E-state index contributed by atoms with van der Waals surface area (Å²) in [5.41, 5.74) is 3.80. The van der Waals surface area contributed by atoms with E-state index in [1.807, 2.05) is 26.0 Å². The molecule has 0 aliphatic heterocycles. The van der Waals surface area contributed by atoms with E-state index in [0.717, 1.165) is 26.6 Å². The molecule has 24 heavy (non-hydrogen) atoms. The van der Waals surface area contributed by atoms with Gasteiger partial charge in [-0.2, -0.15) is 0 Å². The molecule has 0 saturated carbocycles. The van der Waals surface area contributed by atoms with Gasteiger partial charge >= 0.3 is 5.97 Å². The fourth-order valence-electron chi connectivity index (χ4n) is 2.81. The molecule has 6 heteroatoms. The molecule has 0 unspecified atom stereocenters. The summed E-state index contributed by atoms with van der Waals surface area (Å²) in [7, 11) is -3.97. The number of carboxylic acid groups (broad SMARTS) is 1. The molecule has 128 valence electrons. The highest BCUT2D eigenvalue weighted by Gasteiger charge is 2.29. The van der Waals surface area contributed by atoms with Crippen LogP contribution < -0.4 is 4.31 Å². The van der Waals surface area contributed by atoms with Crippen LogP contribution >= 0.6 is 0 Å². The lowest BCUT2D eigenvalue weighted by Crippen LogP contribution is -2.36. The molecule has 0 heterocycles. The summed E-state index contributed by atoms with van der Waals surface area (Å²) in [5.74, 6) is -1.20. The standard InChI is InChI=1S/C18H21NO4S/c1-12-5-7-16(8-6-12)24(22,23)19(11-17(20)21)18-14(3)9-13(2)10-15(18)4/h5-10H,11H2,1-4H3,(H,20,21). The van der Waals surface area contributed by atoms with Crippen LogP contribution in [0.2, 0.25) is 0 Å². The molecule has 0 radical (unpaired) electrons. The third kappa shape index (κ3) is 3.59. The first-order valence-corrected chi connectivity index (χ1v) is 8.96. The Balaban J connectivity index is 2.65. The minimum Gasteiger partial charge on any atom is -0.480 e. The number of benzene rings is 2. The lowest BCUT2D eigenvalue weighted by atomic mass is 10.1. The topological polar surface area (TPSA) is 74.7 Å². The molecule has 0 amide bonds. The number of anilines is 1. The maximum Gasteiger partial charge on any atom is 0.324 e. The summed E-state index contributed by atoms with van der Waals surface area (Å²) in [6, 6.07) is 10.1. The van der Waals surface area contributed by atoms with E-state index in [0.29, 0.717) is 5.69 Å². The Morgan fingerprint density at radius 3 is 1.92 bits per heavy atom. The van der Waals surface area contributed by atoms with Gasteiger partial charge in [-0.05, 0) is 51.0 Å². The van der Waals surface area contributed by atoms with Crippen molar-refractivity contribution in [2.45, 2.75) is 32.6 Å². The van der Waals surface area contributed by atoms with Crippen molar-refractivity contribution >= 4 is 21.7 Å². The first kappa shape index (κ1) is 18.0. The summed E-state index contributed by atoms with van der Waals surface area (Å²) in [6.45, 7) is 6.73. The minimum absolute atomic E-state index is 0.0775. The number of hydrogen-bond acceptors (Lipinski definition) is 3. The van der Waals surface area contributed by atoms with Crippen LogP contribution in [0.15, 0.2) is 41.3 Å². The van der Waals surface area contributed by atoms with E-state index in [4.69, 9.17) is 0 Å². The van der Waals surface area contributed by atoms with Gasteiger partial charge in [0.05, 0.1) is 10.6 Å². The van der Waals surface area contributed by atoms with E-state index < -0.39 is 22.5 Å². The maximum absolute atomic E-state index is 13.0. The van der Waals surface area contributed by atoms with Crippen LogP contribution in [0.5, 0.6) is 0 Å². The minimum atomic E-state index is -3.97. The van der Waals surface area contributed by atoms with E-state index in [-0.39, 0.29) is 4.90 Å². The van der Waals surface area contributed by atoms with Gasteiger partial charge in [0.25, 0.3) is 10.0 Å². The van der Waals surface area contributed by atoms with Crippen LogP contribution in [-0.4, -0.2) is 26.0 Å². The zero-order valence-corrected chi connectivity index (χ0v) is 15.0. The first-order chi connectivity index (χ1) is 11.1. The molecule has 0 atom stereocenters. The monoisotopic (exact) mass is 347 g/mol. The molecule has 1 N–H and O–H groups in total. The molecule has 0 aromatic heterocycles. The van der Waals surface area contributed by atoms with E-state index >= 15 is 0 Å². The van der Waals surface area contributed by atoms with Gasteiger partial charge in [0.2, 0.25) is 0 Å². The number of carbonyl (C=O) groups is 1. The van der Waals surface area contributed by atoms with Crippen molar-refractivity contribution in [1.29, 1.82) is 0 Å². The molecule has 2 rings (SSSR count). The maximum atomic E-state index is 13.0. The smallest absolute Gasteiger partial charge is 0.324 e. The number of rotatable bonds is 5. The highest BCUT2D eigenvalue weighted by Crippen LogP contribution is 2.31. The quantitative estimate of drug-likeness (QED) is 0.901. The van der Waals surface area contributed by atoms with Gasteiger partial charge in [-0.15, -0.1) is 0 Å². The molecule has 2 aromatic carbocycles. The zero-order chi connectivity index (χ0) is 18.1. The van der Waals surface area contributed by atoms with Crippen molar-refractivity contribution in [3.63, 3.8) is 0 Å². The van der Waals surface area contributed by atoms with Crippen LogP contribution in [0.1, 0.15) is 22.3 Å². The largest absolute Gasteiger partial charge is 0.480 e. The van der Waals surface area contributed by atoms with E-state index in [1.54, 1.807) is 26.0 Å². The molecule has 0 fully saturated rings. The molecule has 0 bridgehead atoms. The van der Waals surface area contributed by atoms with Crippen LogP contribution in [0, 0.1) is 27.7 Å². The SMILES string of the molecule is Cc1ccc(S(=O)(=O)N(CC(=O)O)c2c(C)cc(C)cc2C)cc1. The fraction of sp³-hybridized carbons (Fsp3) is 0.278. The van der Waals surface area contributed by atoms with Gasteiger partial charge in [0.15, 0.2) is 0 Å². The summed E-state index contributed by atoms with van der Waals surface area (Å²) >= 11 is 0. The van der Waals surface area contributed by atoms with Gasteiger partial charge < -0.3 is 5.11 Å². The number of nitrogens with zero attached hydrogens (tertiary/aromatic N) is 1. The third-order valence-corrected chi connectivity index (χ3v) is 5.53. The second-order valence-corrected chi connectivity index (χ2v) is 7.83. The molecule has 2 aromatic rings. The predicted molar refractivity (Wildman–Crippen MR) is 94.0 cm³/mol. The van der Waals surface area contributed by atoms with Crippen molar-refractivity contribution < 1.29 is 18.3 Å². The average molecular weight is 347 g/mol.